The number of nitrogens with one attached hydrogen (secondary N) is 1. The topological polar surface area (TPSA) is 29.9 Å². The van der Waals surface area contributed by atoms with Gasteiger partial charge in [-0.3, -0.25) is 4.68 Å². The van der Waals surface area contributed by atoms with E-state index in [1.165, 1.54) is 28.4 Å². The maximum Gasteiger partial charge on any atom is 0.0522 e. The smallest absolute Gasteiger partial charge is 0.0522 e. The van der Waals surface area contributed by atoms with Crippen molar-refractivity contribution in [2.45, 2.75) is 38.1 Å². The van der Waals surface area contributed by atoms with Crippen LogP contribution >= 0.6 is 23.1 Å². The van der Waals surface area contributed by atoms with Gasteiger partial charge in [0, 0.05) is 34.3 Å². The lowest BCUT2D eigenvalue weighted by Gasteiger charge is -2.13. The van der Waals surface area contributed by atoms with Crippen LogP contribution in [0.5, 0.6) is 0 Å². The number of nitrogens with zero attached hydrogens (tertiary/aromatic N) is 2. The van der Waals surface area contributed by atoms with E-state index in [0.29, 0.717) is 6.04 Å². The maximum absolute atomic E-state index is 4.37. The molecule has 2 aromatic rings. The lowest BCUT2D eigenvalue weighted by molar-refractivity contribution is 0.600. The average Bonchev–Trinajstić information content (AvgIpc) is 3.10. The minimum Gasteiger partial charge on any atom is -0.312 e. The minimum absolute atomic E-state index is 0.408. The predicted octanol–water partition coefficient (Wildman–Crippen LogP) is 3.26. The maximum atomic E-state index is 4.37. The van der Waals surface area contributed by atoms with Gasteiger partial charge in [0.2, 0.25) is 0 Å². The largest absolute Gasteiger partial charge is 0.312 e. The van der Waals surface area contributed by atoms with Crippen molar-refractivity contribution in [3.8, 4) is 0 Å². The van der Waals surface area contributed by atoms with Crippen LogP contribution in [-0.4, -0.2) is 22.6 Å². The van der Waals surface area contributed by atoms with E-state index in [-0.39, 0.29) is 0 Å². The third kappa shape index (κ3) is 2.95. The van der Waals surface area contributed by atoms with Gasteiger partial charge in [-0.2, -0.15) is 16.9 Å². The monoisotopic (exact) mass is 307 g/mol. The highest BCUT2D eigenvalue weighted by molar-refractivity contribution is 7.98. The molecule has 3 heterocycles. The van der Waals surface area contributed by atoms with Crippen LogP contribution in [-0.2, 0) is 25.1 Å². The van der Waals surface area contributed by atoms with Crippen LogP contribution in [0.1, 0.15) is 33.8 Å². The van der Waals surface area contributed by atoms with Gasteiger partial charge in [0.1, 0.15) is 0 Å². The first kappa shape index (κ1) is 14.2. The Kier molecular flexibility index (Phi) is 4.48. The molecule has 0 aromatic carbocycles. The third-order valence-corrected chi connectivity index (χ3v) is 6.15. The first-order valence-corrected chi connectivity index (χ1v) is 9.15. The fourth-order valence-corrected chi connectivity index (χ4v) is 5.09. The first-order chi connectivity index (χ1) is 9.80. The third-order valence-electron chi connectivity index (χ3n) is 3.79. The summed E-state index contributed by atoms with van der Waals surface area (Å²) in [5.41, 5.74) is 2.87. The second kappa shape index (κ2) is 6.33. The van der Waals surface area contributed by atoms with Crippen LogP contribution in [0.4, 0.5) is 0 Å². The van der Waals surface area contributed by atoms with Crippen molar-refractivity contribution in [2.24, 2.45) is 0 Å². The number of aromatic nitrogens is 2. The highest BCUT2D eigenvalue weighted by Crippen LogP contribution is 2.35. The minimum atomic E-state index is 0.408. The van der Waals surface area contributed by atoms with Crippen LogP contribution in [0, 0.1) is 0 Å². The molecule has 3 rings (SSSR count). The number of aryl methyl sites for hydroxylation is 2. The average molecular weight is 307 g/mol. The molecule has 0 amide bonds. The van der Waals surface area contributed by atoms with Gasteiger partial charge < -0.3 is 5.32 Å². The second-order valence-corrected chi connectivity index (χ2v) is 7.42. The molecule has 20 heavy (non-hydrogen) atoms. The van der Waals surface area contributed by atoms with E-state index < -0.39 is 0 Å². The molecule has 1 N–H and O–H groups in total. The van der Waals surface area contributed by atoms with E-state index in [2.05, 4.69) is 48.4 Å². The second-order valence-electron chi connectivity index (χ2n) is 5.15. The van der Waals surface area contributed by atoms with E-state index in [1.807, 2.05) is 22.2 Å². The molecule has 1 atom stereocenters. The number of thioether (sulfide) groups is 1. The molecule has 2 aromatic heterocycles. The highest BCUT2D eigenvalue weighted by atomic mass is 32.2. The summed E-state index contributed by atoms with van der Waals surface area (Å²) in [7, 11) is 2.06. The zero-order valence-corrected chi connectivity index (χ0v) is 13.7. The van der Waals surface area contributed by atoms with Crippen molar-refractivity contribution in [3.05, 3.63) is 39.3 Å². The van der Waals surface area contributed by atoms with Gasteiger partial charge in [0.25, 0.3) is 0 Å². The van der Waals surface area contributed by atoms with Crippen molar-refractivity contribution >= 4 is 23.1 Å². The number of hydrogen-bond donors (Lipinski definition) is 1. The van der Waals surface area contributed by atoms with Gasteiger partial charge in [-0.25, -0.2) is 0 Å². The summed E-state index contributed by atoms with van der Waals surface area (Å²) in [6.45, 7) is 3.06. The molecule has 1 aliphatic rings. The van der Waals surface area contributed by atoms with Gasteiger partial charge in [0.05, 0.1) is 6.20 Å². The fourth-order valence-electron chi connectivity index (χ4n) is 2.61. The summed E-state index contributed by atoms with van der Waals surface area (Å²) in [5, 5.41) is 7.84. The Morgan fingerprint density at radius 2 is 2.40 bits per heavy atom. The Labute approximate surface area is 128 Å². The number of fused-ring (bicyclic) bond motifs is 1. The molecule has 0 saturated carbocycles. The molecule has 0 saturated heterocycles. The van der Waals surface area contributed by atoms with Gasteiger partial charge in [-0.05, 0) is 49.8 Å². The lowest BCUT2D eigenvalue weighted by Crippen LogP contribution is -2.17. The van der Waals surface area contributed by atoms with E-state index in [0.717, 1.165) is 13.0 Å². The van der Waals surface area contributed by atoms with Gasteiger partial charge in [0.15, 0.2) is 0 Å². The molecular weight excluding hydrogens is 286 g/mol. The number of thiophene rings is 1. The Morgan fingerprint density at radius 3 is 3.10 bits per heavy atom. The Bertz CT molecular complexity index is 550. The molecule has 0 spiro atoms. The van der Waals surface area contributed by atoms with E-state index in [1.54, 1.807) is 10.4 Å². The number of hydrogen-bond acceptors (Lipinski definition) is 4. The molecule has 0 radical (unpaired) electrons. The molecule has 0 bridgehead atoms. The molecule has 1 aliphatic heterocycles. The summed E-state index contributed by atoms with van der Waals surface area (Å²) in [6, 6.07) is 2.82. The van der Waals surface area contributed by atoms with Crippen molar-refractivity contribution in [1.29, 1.82) is 0 Å². The summed E-state index contributed by atoms with van der Waals surface area (Å²) in [6.07, 6.45) is 6.42. The van der Waals surface area contributed by atoms with Gasteiger partial charge in [-0.15, -0.1) is 11.3 Å². The molecule has 108 valence electrons. The van der Waals surface area contributed by atoms with Crippen LogP contribution in [0.2, 0.25) is 0 Å². The first-order valence-electron chi connectivity index (χ1n) is 7.18. The lowest BCUT2D eigenvalue weighted by atomic mass is 10.1. The number of rotatable bonds is 5. The van der Waals surface area contributed by atoms with Crippen LogP contribution < -0.4 is 5.32 Å². The SMILES string of the molecule is CCn1cc(CC(NC)c2cc3c(s2)CCSC3)cn1. The highest BCUT2D eigenvalue weighted by Gasteiger charge is 2.19. The molecule has 0 aliphatic carbocycles. The fraction of sp³-hybridized carbons (Fsp3) is 0.533. The summed E-state index contributed by atoms with van der Waals surface area (Å²) in [5.74, 6) is 2.47. The zero-order chi connectivity index (χ0) is 13.9. The Morgan fingerprint density at radius 1 is 1.50 bits per heavy atom. The predicted molar refractivity (Wildman–Crippen MR) is 87.6 cm³/mol. The van der Waals surface area contributed by atoms with E-state index in [4.69, 9.17) is 0 Å². The molecule has 0 fully saturated rings. The van der Waals surface area contributed by atoms with Crippen LogP contribution in [0.15, 0.2) is 18.5 Å². The van der Waals surface area contributed by atoms with Gasteiger partial charge >= 0.3 is 0 Å². The van der Waals surface area contributed by atoms with Crippen molar-refractivity contribution in [2.75, 3.05) is 12.8 Å². The van der Waals surface area contributed by atoms with Crippen molar-refractivity contribution < 1.29 is 0 Å². The Hall–Kier alpha value is -0.780. The van der Waals surface area contributed by atoms with Crippen molar-refractivity contribution in [3.63, 3.8) is 0 Å². The zero-order valence-electron chi connectivity index (χ0n) is 12.1. The molecule has 5 heteroatoms. The number of likely N-dealkylation sites (N-methyl/N-ethyl adjacent to an activating group) is 1. The summed E-state index contributed by atoms with van der Waals surface area (Å²) >= 11 is 4.05. The molecular formula is C15H21N3S2. The molecule has 3 nitrogen and oxygen atoms in total. The standard InChI is InChI=1S/C15H21N3S2/c1-3-18-9-11(8-17-18)6-13(16-2)15-7-12-10-19-5-4-14(12)20-15/h7-9,13,16H,3-6,10H2,1-2H3. The van der Waals surface area contributed by atoms with E-state index >= 15 is 0 Å². The Balaban J connectivity index is 1.77. The van der Waals surface area contributed by atoms with Crippen molar-refractivity contribution in [1.82, 2.24) is 15.1 Å². The molecule has 1 unspecified atom stereocenters. The van der Waals surface area contributed by atoms with Crippen LogP contribution in [0.25, 0.3) is 0 Å². The normalized spacial score (nSPS) is 16.1. The summed E-state index contributed by atoms with van der Waals surface area (Å²) in [4.78, 5) is 3.08. The quantitative estimate of drug-likeness (QED) is 0.919. The van der Waals surface area contributed by atoms with Crippen LogP contribution in [0.3, 0.4) is 0 Å². The summed E-state index contributed by atoms with van der Waals surface area (Å²) < 4.78 is 2.00. The van der Waals surface area contributed by atoms with Gasteiger partial charge in [-0.1, -0.05) is 0 Å². The van der Waals surface area contributed by atoms with E-state index in [9.17, 15) is 0 Å².